The zero-order chi connectivity index (χ0) is 22.7. The maximum absolute atomic E-state index is 13.0. The fourth-order valence-electron chi connectivity index (χ4n) is 3.98. The fraction of sp³-hybridized carbons (Fsp3) is 0.333. The third kappa shape index (κ3) is 4.01. The highest BCUT2D eigenvalue weighted by Gasteiger charge is 2.45. The molecule has 1 atom stereocenters. The Bertz CT molecular complexity index is 1060. The van der Waals surface area contributed by atoms with E-state index in [4.69, 9.17) is 19.3 Å². The molecular weight excluding hydrogens is 414 g/mol. The average molecular weight is 439 g/mol. The summed E-state index contributed by atoms with van der Waals surface area (Å²) in [5.41, 5.74) is 1.01. The lowest BCUT2D eigenvalue weighted by Gasteiger charge is -2.25. The number of aliphatic hydroxyl groups excluding tert-OH is 2. The van der Waals surface area contributed by atoms with Crippen molar-refractivity contribution in [1.29, 1.82) is 0 Å². The van der Waals surface area contributed by atoms with Crippen LogP contribution in [0.2, 0.25) is 0 Å². The Labute approximate surface area is 185 Å². The maximum Gasteiger partial charge on any atom is 0.295 e. The van der Waals surface area contributed by atoms with Gasteiger partial charge in [-0.1, -0.05) is 19.1 Å². The van der Waals surface area contributed by atoms with E-state index in [-0.39, 0.29) is 24.5 Å². The molecule has 0 aliphatic carbocycles. The number of rotatable bonds is 7. The van der Waals surface area contributed by atoms with Crippen molar-refractivity contribution in [2.45, 2.75) is 19.4 Å². The number of ether oxygens (including phenoxy) is 3. The summed E-state index contributed by atoms with van der Waals surface area (Å²) >= 11 is 0. The van der Waals surface area contributed by atoms with Crippen molar-refractivity contribution in [2.75, 3.05) is 33.0 Å². The van der Waals surface area contributed by atoms with Crippen LogP contribution < -0.4 is 14.2 Å². The van der Waals surface area contributed by atoms with Crippen LogP contribution in [0, 0.1) is 0 Å². The molecule has 2 aromatic rings. The zero-order valence-corrected chi connectivity index (χ0v) is 17.7. The number of carbonyl (C=O) groups excluding carboxylic acids is 2. The molecule has 0 bridgehead atoms. The van der Waals surface area contributed by atoms with Gasteiger partial charge in [-0.15, -0.1) is 0 Å². The number of aliphatic hydroxyl groups is 2. The molecule has 0 spiro atoms. The molecule has 0 aromatic heterocycles. The molecule has 2 aromatic carbocycles. The van der Waals surface area contributed by atoms with Gasteiger partial charge in [-0.3, -0.25) is 9.59 Å². The van der Waals surface area contributed by atoms with Crippen LogP contribution in [0.5, 0.6) is 17.2 Å². The van der Waals surface area contributed by atoms with Gasteiger partial charge in [-0.25, -0.2) is 0 Å². The van der Waals surface area contributed by atoms with Gasteiger partial charge in [0.05, 0.1) is 18.2 Å². The number of hydrogen-bond donors (Lipinski definition) is 2. The van der Waals surface area contributed by atoms with Gasteiger partial charge in [0.2, 0.25) is 0 Å². The normalized spacial score (nSPS) is 19.3. The largest absolute Gasteiger partial charge is 0.507 e. The van der Waals surface area contributed by atoms with Crippen LogP contribution in [0.1, 0.15) is 30.5 Å². The molecule has 0 saturated carbocycles. The number of nitrogens with zero attached hydrogens (tertiary/aromatic N) is 1. The predicted octanol–water partition coefficient (Wildman–Crippen LogP) is 2.66. The van der Waals surface area contributed by atoms with Crippen LogP contribution in [0.15, 0.2) is 48.0 Å². The molecule has 1 fully saturated rings. The summed E-state index contributed by atoms with van der Waals surface area (Å²) in [6.07, 6.45) is 0.647. The predicted molar refractivity (Wildman–Crippen MR) is 116 cm³/mol. The molecule has 4 rings (SSSR count). The number of carbonyl (C=O) groups is 2. The Morgan fingerprint density at radius 3 is 2.66 bits per heavy atom. The summed E-state index contributed by atoms with van der Waals surface area (Å²) in [4.78, 5) is 27.3. The second-order valence-corrected chi connectivity index (χ2v) is 7.50. The summed E-state index contributed by atoms with van der Waals surface area (Å²) in [6.45, 7) is 3.08. The minimum atomic E-state index is -0.763. The molecule has 1 amide bonds. The Morgan fingerprint density at radius 2 is 1.91 bits per heavy atom. The van der Waals surface area contributed by atoms with Gasteiger partial charge in [0.15, 0.2) is 11.5 Å². The lowest BCUT2D eigenvalue weighted by Crippen LogP contribution is -2.30. The second kappa shape index (κ2) is 9.32. The van der Waals surface area contributed by atoms with E-state index in [2.05, 4.69) is 0 Å². The topological polar surface area (TPSA) is 106 Å². The van der Waals surface area contributed by atoms with Crippen LogP contribution in [0.3, 0.4) is 0 Å². The summed E-state index contributed by atoms with van der Waals surface area (Å²) in [5, 5.41) is 20.2. The van der Waals surface area contributed by atoms with E-state index in [9.17, 15) is 14.7 Å². The molecule has 2 heterocycles. The van der Waals surface area contributed by atoms with Crippen LogP contribution in [0.4, 0.5) is 0 Å². The van der Waals surface area contributed by atoms with Gasteiger partial charge in [0, 0.05) is 12.1 Å². The van der Waals surface area contributed by atoms with E-state index in [1.807, 2.05) is 6.92 Å². The highest BCUT2D eigenvalue weighted by Crippen LogP contribution is 2.41. The van der Waals surface area contributed by atoms with Crippen molar-refractivity contribution < 1.29 is 34.0 Å². The molecule has 168 valence electrons. The fourth-order valence-corrected chi connectivity index (χ4v) is 3.98. The maximum atomic E-state index is 13.0. The molecule has 8 heteroatoms. The van der Waals surface area contributed by atoms with Crippen LogP contribution in [-0.2, 0) is 9.59 Å². The lowest BCUT2D eigenvalue weighted by molar-refractivity contribution is -0.139. The van der Waals surface area contributed by atoms with E-state index in [1.54, 1.807) is 42.5 Å². The van der Waals surface area contributed by atoms with Gasteiger partial charge in [-0.2, -0.15) is 0 Å². The molecular formula is C24H25NO7. The number of amides is 1. The summed E-state index contributed by atoms with van der Waals surface area (Å²) in [7, 11) is 0. The summed E-state index contributed by atoms with van der Waals surface area (Å²) < 4.78 is 16.6. The van der Waals surface area contributed by atoms with Gasteiger partial charge in [0.1, 0.15) is 31.3 Å². The van der Waals surface area contributed by atoms with Crippen molar-refractivity contribution in [3.63, 3.8) is 0 Å². The number of fused-ring (bicyclic) bond motifs is 1. The Morgan fingerprint density at radius 1 is 1.12 bits per heavy atom. The minimum absolute atomic E-state index is 0.0134. The van der Waals surface area contributed by atoms with E-state index in [1.165, 1.54) is 4.90 Å². The van der Waals surface area contributed by atoms with Crippen molar-refractivity contribution in [3.8, 4) is 17.2 Å². The monoisotopic (exact) mass is 439 g/mol. The molecule has 1 unspecified atom stereocenters. The average Bonchev–Trinajstić information content (AvgIpc) is 3.07. The van der Waals surface area contributed by atoms with E-state index < -0.39 is 17.7 Å². The Balaban J connectivity index is 1.81. The summed E-state index contributed by atoms with van der Waals surface area (Å²) in [5.74, 6) is -0.137. The van der Waals surface area contributed by atoms with E-state index in [0.717, 1.165) is 0 Å². The number of likely N-dealkylation sites (tertiary alicyclic amines) is 1. The number of ketones is 1. The highest BCUT2D eigenvalue weighted by molar-refractivity contribution is 6.46. The van der Waals surface area contributed by atoms with Gasteiger partial charge < -0.3 is 29.3 Å². The van der Waals surface area contributed by atoms with Gasteiger partial charge in [-0.05, 0) is 42.3 Å². The Kier molecular flexibility index (Phi) is 6.32. The van der Waals surface area contributed by atoms with Crippen LogP contribution in [0.25, 0.3) is 5.76 Å². The first-order valence-corrected chi connectivity index (χ1v) is 10.6. The third-order valence-electron chi connectivity index (χ3n) is 5.35. The van der Waals surface area contributed by atoms with Crippen molar-refractivity contribution >= 4 is 17.4 Å². The quantitative estimate of drug-likeness (QED) is 0.388. The molecule has 0 radical (unpaired) electrons. The SMILES string of the molecule is CCCN1C(=O)C(=O)/C(=C(\O)c2ccc3c(c2)OCCO3)C1c1cccc(OCCO)c1. The van der Waals surface area contributed by atoms with Crippen LogP contribution in [-0.4, -0.2) is 59.8 Å². The van der Waals surface area contributed by atoms with Gasteiger partial charge >= 0.3 is 0 Å². The molecule has 2 aliphatic rings. The minimum Gasteiger partial charge on any atom is -0.507 e. The second-order valence-electron chi connectivity index (χ2n) is 7.50. The van der Waals surface area contributed by atoms with Gasteiger partial charge in [0.25, 0.3) is 11.7 Å². The third-order valence-corrected chi connectivity index (χ3v) is 5.35. The number of Topliss-reactive ketones (excluding diaryl/α,β-unsaturated/α-hetero) is 1. The lowest BCUT2D eigenvalue weighted by atomic mass is 9.95. The van der Waals surface area contributed by atoms with E-state index >= 15 is 0 Å². The molecule has 1 saturated heterocycles. The van der Waals surface area contributed by atoms with Crippen molar-refractivity contribution in [2.24, 2.45) is 0 Å². The Hall–Kier alpha value is -3.52. The first kappa shape index (κ1) is 21.7. The highest BCUT2D eigenvalue weighted by atomic mass is 16.6. The first-order valence-electron chi connectivity index (χ1n) is 10.6. The standard InChI is InChI=1S/C24H25NO7/c1-2-8-25-21(15-4-3-5-17(13-15)30-10-9-26)20(23(28)24(25)29)22(27)16-6-7-18-19(14-16)32-12-11-31-18/h3-7,13-14,21,26-27H,2,8-12H2,1H3/b22-20-. The first-order chi connectivity index (χ1) is 15.5. The zero-order valence-electron chi connectivity index (χ0n) is 17.7. The van der Waals surface area contributed by atoms with Crippen LogP contribution >= 0.6 is 0 Å². The molecule has 32 heavy (non-hydrogen) atoms. The molecule has 8 nitrogen and oxygen atoms in total. The summed E-state index contributed by atoms with van der Waals surface area (Å²) in [6, 6.07) is 11.1. The number of benzene rings is 2. The smallest absolute Gasteiger partial charge is 0.295 e. The van der Waals surface area contributed by atoms with Crippen molar-refractivity contribution in [3.05, 3.63) is 59.2 Å². The van der Waals surface area contributed by atoms with E-state index in [0.29, 0.717) is 54.6 Å². The molecule has 2 N–H and O–H groups in total. The molecule has 2 aliphatic heterocycles. The van der Waals surface area contributed by atoms with Crippen molar-refractivity contribution in [1.82, 2.24) is 4.90 Å². The number of hydrogen-bond acceptors (Lipinski definition) is 7.